The van der Waals surface area contributed by atoms with E-state index in [1.165, 1.54) is 33.4 Å². The molecule has 176 valence electrons. The molecule has 1 aliphatic rings. The molecule has 0 aliphatic heterocycles. The van der Waals surface area contributed by atoms with Crippen LogP contribution >= 0.6 is 11.8 Å². The molecule has 0 saturated heterocycles. The normalized spacial score (nSPS) is 12.7. The number of amides is 1. The van der Waals surface area contributed by atoms with Crippen LogP contribution in [0.15, 0.2) is 77.9 Å². The van der Waals surface area contributed by atoms with E-state index in [2.05, 4.69) is 116 Å². The molecule has 0 spiro atoms. The van der Waals surface area contributed by atoms with Crippen molar-refractivity contribution in [3.8, 4) is 16.8 Å². The van der Waals surface area contributed by atoms with Gasteiger partial charge in [0.25, 0.3) is 0 Å². The van der Waals surface area contributed by atoms with Crippen LogP contribution in [-0.4, -0.2) is 22.4 Å². The maximum absolute atomic E-state index is 12.6. The van der Waals surface area contributed by atoms with Crippen molar-refractivity contribution in [1.29, 1.82) is 0 Å². The highest BCUT2D eigenvalue weighted by Crippen LogP contribution is 2.49. The molecular formula is C30H29N3OS. The highest BCUT2D eigenvalue weighted by molar-refractivity contribution is 8.00. The molecule has 0 unspecified atom stereocenters. The Kier molecular flexibility index (Phi) is 6.35. The summed E-state index contributed by atoms with van der Waals surface area (Å²) in [5.41, 5.74) is 14.7. The number of carbonyl (C=O) groups excluding carboxylic acids is 1. The van der Waals surface area contributed by atoms with Crippen LogP contribution in [0.1, 0.15) is 44.5 Å². The molecule has 3 aromatic carbocycles. The molecule has 0 atom stereocenters. The smallest absolute Gasteiger partial charge is 0.250 e. The molecule has 4 nitrogen and oxygen atoms in total. The van der Waals surface area contributed by atoms with Gasteiger partial charge in [0.1, 0.15) is 0 Å². The fourth-order valence-electron chi connectivity index (χ4n) is 4.83. The largest absolute Gasteiger partial charge is 0.318 e. The van der Waals surface area contributed by atoms with Gasteiger partial charge in [0.15, 0.2) is 0 Å². The fraction of sp³-hybridized carbons (Fsp3) is 0.200. The SMILES string of the molecule is Cc1ccc(-n2c(C)cc(/C=N/NC(=O)CSC3c4ccccc4-c4ccccc43)c2C)cc1C. The average molecular weight is 480 g/mol. The summed E-state index contributed by atoms with van der Waals surface area (Å²) in [7, 11) is 0. The number of nitrogens with one attached hydrogen (secondary N) is 1. The van der Waals surface area contributed by atoms with Crippen molar-refractivity contribution in [2.45, 2.75) is 32.9 Å². The van der Waals surface area contributed by atoms with Crippen LogP contribution < -0.4 is 5.43 Å². The highest BCUT2D eigenvalue weighted by Gasteiger charge is 2.28. The third kappa shape index (κ3) is 4.44. The summed E-state index contributed by atoms with van der Waals surface area (Å²) in [5.74, 6) is 0.239. The number of rotatable bonds is 6. The third-order valence-corrected chi connectivity index (χ3v) is 8.04. The molecule has 5 heteroatoms. The molecule has 1 amide bonds. The second-order valence-electron chi connectivity index (χ2n) is 9.09. The molecule has 1 N–H and O–H groups in total. The van der Waals surface area contributed by atoms with Crippen LogP contribution in [0.25, 0.3) is 16.8 Å². The molecular weight excluding hydrogens is 450 g/mol. The number of aryl methyl sites for hydroxylation is 3. The molecule has 0 bridgehead atoms. The van der Waals surface area contributed by atoms with Gasteiger partial charge in [-0.2, -0.15) is 5.10 Å². The lowest BCUT2D eigenvalue weighted by molar-refractivity contribution is -0.118. The average Bonchev–Trinajstić information content (AvgIpc) is 3.33. The van der Waals surface area contributed by atoms with E-state index in [4.69, 9.17) is 0 Å². The molecule has 35 heavy (non-hydrogen) atoms. The number of aromatic nitrogens is 1. The first kappa shape index (κ1) is 23.2. The van der Waals surface area contributed by atoms with Crippen molar-refractivity contribution in [3.63, 3.8) is 0 Å². The third-order valence-electron chi connectivity index (χ3n) is 6.77. The van der Waals surface area contributed by atoms with Gasteiger partial charge >= 0.3 is 0 Å². The van der Waals surface area contributed by atoms with Crippen molar-refractivity contribution in [2.75, 3.05) is 5.75 Å². The van der Waals surface area contributed by atoms with Crippen LogP contribution in [-0.2, 0) is 4.79 Å². The molecule has 0 fully saturated rings. The molecule has 1 aromatic heterocycles. The van der Waals surface area contributed by atoms with Gasteiger partial charge in [0.05, 0.1) is 17.2 Å². The molecule has 4 aromatic rings. The number of hydrogen-bond acceptors (Lipinski definition) is 3. The standard InChI is InChI=1S/C30H29N3OS/c1-19-13-14-24(15-20(19)2)33-21(3)16-23(22(33)4)17-31-32-29(34)18-35-30-27-11-7-5-9-25(27)26-10-6-8-12-28(26)30/h5-17,30H,18H2,1-4H3,(H,32,34)/b31-17+. The monoisotopic (exact) mass is 479 g/mol. The van der Waals surface area contributed by atoms with E-state index in [9.17, 15) is 4.79 Å². The molecule has 0 saturated carbocycles. The van der Waals surface area contributed by atoms with Crippen molar-refractivity contribution in [1.82, 2.24) is 9.99 Å². The van der Waals surface area contributed by atoms with Crippen molar-refractivity contribution in [3.05, 3.63) is 112 Å². The Labute approximate surface area is 211 Å². The minimum atomic E-state index is -0.101. The first-order valence-corrected chi connectivity index (χ1v) is 12.9. The van der Waals surface area contributed by atoms with Gasteiger partial charge in [-0.3, -0.25) is 4.79 Å². The van der Waals surface area contributed by atoms with Crippen LogP contribution in [0, 0.1) is 27.7 Å². The lowest BCUT2D eigenvalue weighted by Gasteiger charge is -2.12. The molecule has 1 aliphatic carbocycles. The van der Waals surface area contributed by atoms with Gasteiger partial charge < -0.3 is 4.57 Å². The van der Waals surface area contributed by atoms with E-state index >= 15 is 0 Å². The summed E-state index contributed by atoms with van der Waals surface area (Å²) in [6.07, 6.45) is 1.74. The summed E-state index contributed by atoms with van der Waals surface area (Å²) >= 11 is 1.64. The maximum atomic E-state index is 12.6. The quantitative estimate of drug-likeness (QED) is 0.248. The summed E-state index contributed by atoms with van der Waals surface area (Å²) in [5, 5.41) is 4.43. The van der Waals surface area contributed by atoms with E-state index in [0.717, 1.165) is 22.6 Å². The molecule has 5 rings (SSSR count). The number of hydrogen-bond donors (Lipinski definition) is 1. The van der Waals surface area contributed by atoms with Gasteiger partial charge in [0, 0.05) is 22.6 Å². The number of thioether (sulfide) groups is 1. The Balaban J connectivity index is 1.25. The fourth-order valence-corrected chi connectivity index (χ4v) is 5.99. The Morgan fingerprint density at radius 1 is 0.914 bits per heavy atom. The number of fused-ring (bicyclic) bond motifs is 3. The van der Waals surface area contributed by atoms with Gasteiger partial charge in [-0.1, -0.05) is 54.6 Å². The minimum Gasteiger partial charge on any atom is -0.318 e. The van der Waals surface area contributed by atoms with Crippen molar-refractivity contribution >= 4 is 23.9 Å². The zero-order valence-electron chi connectivity index (χ0n) is 20.5. The van der Waals surface area contributed by atoms with E-state index in [0.29, 0.717) is 5.75 Å². The lowest BCUT2D eigenvalue weighted by atomic mass is 10.1. The Morgan fingerprint density at radius 3 is 2.23 bits per heavy atom. The van der Waals surface area contributed by atoms with E-state index in [-0.39, 0.29) is 11.2 Å². The number of hydrazone groups is 1. The van der Waals surface area contributed by atoms with Crippen molar-refractivity contribution in [2.24, 2.45) is 5.10 Å². The number of carbonyl (C=O) groups is 1. The lowest BCUT2D eigenvalue weighted by Crippen LogP contribution is -2.20. The second-order valence-corrected chi connectivity index (χ2v) is 10.2. The Morgan fingerprint density at radius 2 is 1.57 bits per heavy atom. The van der Waals surface area contributed by atoms with E-state index in [1.807, 2.05) is 0 Å². The van der Waals surface area contributed by atoms with Crippen LogP contribution in [0.4, 0.5) is 0 Å². The predicted molar refractivity (Wildman–Crippen MR) is 147 cm³/mol. The Hall–Kier alpha value is -3.57. The first-order valence-electron chi connectivity index (χ1n) is 11.8. The zero-order chi connectivity index (χ0) is 24.5. The van der Waals surface area contributed by atoms with E-state index in [1.54, 1.807) is 18.0 Å². The van der Waals surface area contributed by atoms with Crippen LogP contribution in [0.2, 0.25) is 0 Å². The van der Waals surface area contributed by atoms with Gasteiger partial charge in [0.2, 0.25) is 5.91 Å². The minimum absolute atomic E-state index is 0.101. The summed E-state index contributed by atoms with van der Waals surface area (Å²) < 4.78 is 2.22. The van der Waals surface area contributed by atoms with Gasteiger partial charge in [-0.25, -0.2) is 5.43 Å². The van der Waals surface area contributed by atoms with Crippen molar-refractivity contribution < 1.29 is 4.79 Å². The van der Waals surface area contributed by atoms with Crippen LogP contribution in [0.5, 0.6) is 0 Å². The van der Waals surface area contributed by atoms with Gasteiger partial charge in [-0.05, 0) is 79.3 Å². The van der Waals surface area contributed by atoms with E-state index < -0.39 is 0 Å². The topological polar surface area (TPSA) is 46.4 Å². The first-order chi connectivity index (χ1) is 16.9. The summed E-state index contributed by atoms with van der Waals surface area (Å²) in [6.45, 7) is 8.42. The highest BCUT2D eigenvalue weighted by atomic mass is 32.2. The maximum Gasteiger partial charge on any atom is 0.250 e. The molecule has 1 heterocycles. The molecule has 0 radical (unpaired) electrons. The summed E-state index contributed by atoms with van der Waals surface area (Å²) in [4.78, 5) is 12.6. The van der Waals surface area contributed by atoms with Gasteiger partial charge in [-0.15, -0.1) is 11.8 Å². The number of benzene rings is 3. The van der Waals surface area contributed by atoms with Crippen LogP contribution in [0.3, 0.4) is 0 Å². The zero-order valence-corrected chi connectivity index (χ0v) is 21.3. The summed E-state index contributed by atoms with van der Waals surface area (Å²) in [6, 6.07) is 25.5. The Bertz CT molecular complexity index is 1400. The number of nitrogens with zero attached hydrogens (tertiary/aromatic N) is 2. The second kappa shape index (κ2) is 9.59. The predicted octanol–water partition coefficient (Wildman–Crippen LogP) is 6.66.